The number of ether oxygens (including phenoxy) is 1. The second-order valence-electron chi connectivity index (χ2n) is 7.25. The highest BCUT2D eigenvalue weighted by Gasteiger charge is 2.35. The van der Waals surface area contributed by atoms with E-state index in [0.29, 0.717) is 30.6 Å². The molecule has 3 atom stereocenters. The zero-order valence-electron chi connectivity index (χ0n) is 15.3. The molecule has 1 aromatic rings. The van der Waals surface area contributed by atoms with E-state index >= 15 is 0 Å². The second kappa shape index (κ2) is 8.99. The SMILES string of the molecule is O=C(NC[C@@H]1CCCO1)c1ccc(NC(=O)[C@@H]2CCCC[C@@H]2C(=O)O)cc1. The van der Waals surface area contributed by atoms with Gasteiger partial charge in [-0.1, -0.05) is 12.8 Å². The third-order valence-electron chi connectivity index (χ3n) is 5.35. The normalized spacial score (nSPS) is 25.0. The van der Waals surface area contributed by atoms with Crippen LogP contribution in [-0.2, 0) is 14.3 Å². The molecule has 7 heteroatoms. The fourth-order valence-corrected chi connectivity index (χ4v) is 3.79. The molecular formula is C20H26N2O5. The zero-order valence-corrected chi connectivity index (χ0v) is 15.3. The van der Waals surface area contributed by atoms with Gasteiger partial charge in [0.15, 0.2) is 0 Å². The van der Waals surface area contributed by atoms with E-state index in [1.807, 2.05) is 0 Å². The molecule has 0 unspecified atom stereocenters. The molecule has 27 heavy (non-hydrogen) atoms. The van der Waals surface area contributed by atoms with Gasteiger partial charge in [-0.3, -0.25) is 14.4 Å². The van der Waals surface area contributed by atoms with E-state index in [1.54, 1.807) is 24.3 Å². The van der Waals surface area contributed by atoms with Gasteiger partial charge in [0.05, 0.1) is 17.9 Å². The van der Waals surface area contributed by atoms with Gasteiger partial charge in [0.2, 0.25) is 5.91 Å². The number of amides is 2. The molecule has 0 bridgehead atoms. The number of rotatable bonds is 6. The van der Waals surface area contributed by atoms with Gasteiger partial charge < -0.3 is 20.5 Å². The topological polar surface area (TPSA) is 105 Å². The number of carboxylic acids is 1. The number of carbonyl (C=O) groups excluding carboxylic acids is 2. The Hall–Kier alpha value is -2.41. The Morgan fingerprint density at radius 3 is 2.33 bits per heavy atom. The summed E-state index contributed by atoms with van der Waals surface area (Å²) in [7, 11) is 0. The maximum Gasteiger partial charge on any atom is 0.307 e. The van der Waals surface area contributed by atoms with E-state index in [0.717, 1.165) is 32.3 Å². The molecule has 2 aliphatic rings. The zero-order chi connectivity index (χ0) is 19.2. The van der Waals surface area contributed by atoms with Crippen LogP contribution in [0.1, 0.15) is 48.9 Å². The number of benzene rings is 1. The molecule has 1 aliphatic carbocycles. The Morgan fingerprint density at radius 2 is 1.70 bits per heavy atom. The highest BCUT2D eigenvalue weighted by atomic mass is 16.5. The molecule has 146 valence electrons. The van der Waals surface area contributed by atoms with E-state index in [9.17, 15) is 19.5 Å². The fourth-order valence-electron chi connectivity index (χ4n) is 3.79. The molecule has 7 nitrogen and oxygen atoms in total. The molecule has 3 rings (SSSR count). The first kappa shape index (κ1) is 19.4. The van der Waals surface area contributed by atoms with Gasteiger partial charge in [0.1, 0.15) is 0 Å². The quantitative estimate of drug-likeness (QED) is 0.709. The van der Waals surface area contributed by atoms with Gasteiger partial charge in [0.25, 0.3) is 5.91 Å². The van der Waals surface area contributed by atoms with Crippen LogP contribution in [0.15, 0.2) is 24.3 Å². The highest BCUT2D eigenvalue weighted by molar-refractivity contribution is 5.97. The van der Waals surface area contributed by atoms with Crippen LogP contribution >= 0.6 is 0 Å². The molecule has 3 N–H and O–H groups in total. The number of aliphatic carboxylic acids is 1. The van der Waals surface area contributed by atoms with E-state index in [2.05, 4.69) is 10.6 Å². The molecule has 2 fully saturated rings. The molecule has 0 radical (unpaired) electrons. The minimum absolute atomic E-state index is 0.0881. The van der Waals surface area contributed by atoms with Crippen LogP contribution in [0, 0.1) is 11.8 Å². The number of hydrogen-bond acceptors (Lipinski definition) is 4. The van der Waals surface area contributed by atoms with Gasteiger partial charge >= 0.3 is 5.97 Å². The third kappa shape index (κ3) is 5.07. The Kier molecular flexibility index (Phi) is 6.45. The summed E-state index contributed by atoms with van der Waals surface area (Å²) in [6.07, 6.45) is 4.92. The van der Waals surface area contributed by atoms with Crippen LogP contribution in [-0.4, -0.2) is 42.1 Å². The van der Waals surface area contributed by atoms with Crippen molar-refractivity contribution in [2.24, 2.45) is 11.8 Å². The summed E-state index contributed by atoms with van der Waals surface area (Å²) in [6, 6.07) is 6.63. The maximum absolute atomic E-state index is 12.5. The monoisotopic (exact) mass is 374 g/mol. The van der Waals surface area contributed by atoms with Crippen LogP contribution in [0.5, 0.6) is 0 Å². The molecule has 2 amide bonds. The van der Waals surface area contributed by atoms with Crippen LogP contribution in [0.2, 0.25) is 0 Å². The highest BCUT2D eigenvalue weighted by Crippen LogP contribution is 2.31. The maximum atomic E-state index is 12.5. The van der Waals surface area contributed by atoms with E-state index < -0.39 is 17.8 Å². The van der Waals surface area contributed by atoms with Crippen molar-refractivity contribution in [2.75, 3.05) is 18.5 Å². The summed E-state index contributed by atoms with van der Waals surface area (Å²) < 4.78 is 5.48. The average molecular weight is 374 g/mol. The van der Waals surface area contributed by atoms with Crippen molar-refractivity contribution in [3.8, 4) is 0 Å². The van der Waals surface area contributed by atoms with E-state index in [-0.39, 0.29) is 17.9 Å². The second-order valence-corrected chi connectivity index (χ2v) is 7.25. The minimum Gasteiger partial charge on any atom is -0.481 e. The summed E-state index contributed by atoms with van der Waals surface area (Å²) in [5, 5.41) is 15.0. The van der Waals surface area contributed by atoms with Crippen LogP contribution < -0.4 is 10.6 Å². The Labute approximate surface area is 158 Å². The summed E-state index contributed by atoms with van der Waals surface area (Å²) in [5.41, 5.74) is 1.07. The molecule has 1 heterocycles. The van der Waals surface area contributed by atoms with Crippen molar-refractivity contribution in [1.29, 1.82) is 0 Å². The molecule has 0 aromatic heterocycles. The van der Waals surface area contributed by atoms with Crippen LogP contribution in [0.3, 0.4) is 0 Å². The number of nitrogens with one attached hydrogen (secondary N) is 2. The third-order valence-corrected chi connectivity index (χ3v) is 5.35. The molecule has 1 aliphatic heterocycles. The number of carboxylic acid groups (broad SMARTS) is 1. The van der Waals surface area contributed by atoms with Gasteiger partial charge in [0, 0.05) is 24.4 Å². The predicted molar refractivity (Wildman–Crippen MR) is 99.5 cm³/mol. The van der Waals surface area contributed by atoms with Gasteiger partial charge in [-0.15, -0.1) is 0 Å². The van der Waals surface area contributed by atoms with Crippen molar-refractivity contribution in [3.63, 3.8) is 0 Å². The Balaban J connectivity index is 1.54. The molecule has 1 saturated heterocycles. The van der Waals surface area contributed by atoms with Gasteiger partial charge in [-0.2, -0.15) is 0 Å². The lowest BCUT2D eigenvalue weighted by molar-refractivity contribution is -0.147. The number of carbonyl (C=O) groups is 3. The van der Waals surface area contributed by atoms with E-state index in [4.69, 9.17) is 4.74 Å². The fraction of sp³-hybridized carbons (Fsp3) is 0.550. The standard InChI is InChI=1S/C20H26N2O5/c23-18(21-12-15-4-3-11-27-15)13-7-9-14(10-8-13)22-19(24)16-5-1-2-6-17(16)20(25)26/h7-10,15-17H,1-6,11-12H2,(H,21,23)(H,22,24)(H,25,26)/t15-,16+,17-/m0/s1. The number of anilines is 1. The molecule has 0 spiro atoms. The van der Waals surface area contributed by atoms with Crippen LogP contribution in [0.4, 0.5) is 5.69 Å². The lowest BCUT2D eigenvalue weighted by Gasteiger charge is -2.27. The van der Waals surface area contributed by atoms with E-state index in [1.165, 1.54) is 0 Å². The van der Waals surface area contributed by atoms with Crippen molar-refractivity contribution >= 4 is 23.5 Å². The summed E-state index contributed by atoms with van der Waals surface area (Å²) in [6.45, 7) is 1.24. The summed E-state index contributed by atoms with van der Waals surface area (Å²) in [4.78, 5) is 36.0. The molecule has 1 saturated carbocycles. The Morgan fingerprint density at radius 1 is 1.00 bits per heavy atom. The van der Waals surface area contributed by atoms with Gasteiger partial charge in [-0.25, -0.2) is 0 Å². The largest absolute Gasteiger partial charge is 0.481 e. The predicted octanol–water partition coefficient (Wildman–Crippen LogP) is 2.42. The van der Waals surface area contributed by atoms with Crippen molar-refractivity contribution in [2.45, 2.75) is 44.6 Å². The van der Waals surface area contributed by atoms with Crippen molar-refractivity contribution in [1.82, 2.24) is 5.32 Å². The smallest absolute Gasteiger partial charge is 0.307 e. The average Bonchev–Trinajstić information content (AvgIpc) is 3.20. The molecule has 1 aromatic carbocycles. The summed E-state index contributed by atoms with van der Waals surface area (Å²) >= 11 is 0. The first-order valence-corrected chi connectivity index (χ1v) is 9.58. The lowest BCUT2D eigenvalue weighted by atomic mass is 9.78. The Bertz CT molecular complexity index is 682. The van der Waals surface area contributed by atoms with Crippen LogP contribution in [0.25, 0.3) is 0 Å². The lowest BCUT2D eigenvalue weighted by Crippen LogP contribution is -2.36. The first-order chi connectivity index (χ1) is 13.0. The van der Waals surface area contributed by atoms with Crippen molar-refractivity contribution in [3.05, 3.63) is 29.8 Å². The van der Waals surface area contributed by atoms with Gasteiger partial charge in [-0.05, 0) is 49.9 Å². The first-order valence-electron chi connectivity index (χ1n) is 9.58. The number of hydrogen-bond donors (Lipinski definition) is 3. The summed E-state index contributed by atoms with van der Waals surface area (Å²) in [5.74, 6) is -2.49. The molecular weight excluding hydrogens is 348 g/mol. The van der Waals surface area contributed by atoms with Crippen molar-refractivity contribution < 1.29 is 24.2 Å². The minimum atomic E-state index is -0.909.